The molecule has 0 amide bonds. The van der Waals surface area contributed by atoms with Gasteiger partial charge in [-0.15, -0.1) is 0 Å². The van der Waals surface area contributed by atoms with Crippen LogP contribution in [0.25, 0.3) is 0 Å². The normalized spacial score (nSPS) is 17.4. The average molecular weight is 238 g/mol. The van der Waals surface area contributed by atoms with Crippen LogP contribution in [0.3, 0.4) is 0 Å². The Kier molecular flexibility index (Phi) is 2.81. The van der Waals surface area contributed by atoms with Crippen molar-refractivity contribution in [2.24, 2.45) is 0 Å². The van der Waals surface area contributed by atoms with Crippen LogP contribution in [-0.4, -0.2) is 18.2 Å². The van der Waals surface area contributed by atoms with Gasteiger partial charge in [-0.3, -0.25) is 4.79 Å². The minimum absolute atomic E-state index is 0.189. The van der Waals surface area contributed by atoms with Gasteiger partial charge in [0.05, 0.1) is 12.5 Å². The van der Waals surface area contributed by atoms with E-state index in [0.29, 0.717) is 24.0 Å². The van der Waals surface area contributed by atoms with Gasteiger partial charge in [-0.25, -0.2) is 4.39 Å². The lowest BCUT2D eigenvalue weighted by molar-refractivity contribution is -0.147. The fourth-order valence-electron chi connectivity index (χ4n) is 2.42. The van der Waals surface area contributed by atoms with Crippen LogP contribution in [0.2, 0.25) is 0 Å². The molecule has 0 atom stereocenters. The number of halogens is 1. The smallest absolute Gasteiger partial charge is 0.314 e. The molecule has 0 bridgehead atoms. The van der Waals surface area contributed by atoms with Crippen molar-refractivity contribution in [3.8, 4) is 5.75 Å². The summed E-state index contributed by atoms with van der Waals surface area (Å²) in [6.07, 6.45) is 2.03. The number of hydrogen-bond acceptors (Lipinski definition) is 2. The van der Waals surface area contributed by atoms with E-state index < -0.39 is 17.2 Å². The molecule has 1 N–H and O–H groups in total. The zero-order valence-electron chi connectivity index (χ0n) is 9.92. The van der Waals surface area contributed by atoms with Crippen LogP contribution in [0.4, 0.5) is 4.39 Å². The van der Waals surface area contributed by atoms with Crippen molar-refractivity contribution >= 4 is 5.97 Å². The van der Waals surface area contributed by atoms with E-state index in [4.69, 9.17) is 4.74 Å². The summed E-state index contributed by atoms with van der Waals surface area (Å²) >= 11 is 0. The first-order valence-electron chi connectivity index (χ1n) is 5.59. The molecule has 4 heteroatoms. The largest absolute Gasteiger partial charge is 0.493 e. The highest BCUT2D eigenvalue weighted by atomic mass is 19.1. The number of aliphatic carboxylic acids is 1. The molecule has 0 aromatic heterocycles. The summed E-state index contributed by atoms with van der Waals surface area (Å²) in [6, 6.07) is 3.01. The first-order chi connectivity index (χ1) is 8.01. The topological polar surface area (TPSA) is 46.5 Å². The van der Waals surface area contributed by atoms with Crippen molar-refractivity contribution < 1.29 is 19.0 Å². The van der Waals surface area contributed by atoms with Crippen molar-refractivity contribution in [2.75, 3.05) is 7.11 Å². The van der Waals surface area contributed by atoms with E-state index in [1.54, 1.807) is 13.0 Å². The summed E-state index contributed by atoms with van der Waals surface area (Å²) in [7, 11) is 1.40. The van der Waals surface area contributed by atoms with Crippen LogP contribution in [0.1, 0.15) is 30.4 Å². The lowest BCUT2D eigenvalue weighted by atomic mass is 9.64. The Labute approximate surface area is 99.2 Å². The van der Waals surface area contributed by atoms with Crippen molar-refractivity contribution in [1.82, 2.24) is 0 Å². The van der Waals surface area contributed by atoms with E-state index in [1.807, 2.05) is 0 Å². The van der Waals surface area contributed by atoms with Crippen LogP contribution in [-0.2, 0) is 10.2 Å². The third kappa shape index (κ3) is 1.68. The molecule has 1 aromatic carbocycles. The Bertz CT molecular complexity index is 441. The van der Waals surface area contributed by atoms with E-state index in [2.05, 4.69) is 0 Å². The zero-order valence-corrected chi connectivity index (χ0v) is 9.92. The summed E-state index contributed by atoms with van der Waals surface area (Å²) in [5.74, 6) is -1.17. The van der Waals surface area contributed by atoms with Crippen molar-refractivity contribution in [1.29, 1.82) is 0 Å². The van der Waals surface area contributed by atoms with Gasteiger partial charge in [0.25, 0.3) is 0 Å². The number of benzene rings is 1. The van der Waals surface area contributed by atoms with E-state index in [1.165, 1.54) is 13.2 Å². The van der Waals surface area contributed by atoms with Crippen LogP contribution < -0.4 is 4.74 Å². The second kappa shape index (κ2) is 4.02. The Hall–Kier alpha value is -1.58. The molecule has 17 heavy (non-hydrogen) atoms. The van der Waals surface area contributed by atoms with Gasteiger partial charge in [0.1, 0.15) is 0 Å². The van der Waals surface area contributed by atoms with Gasteiger partial charge in [-0.2, -0.15) is 0 Å². The van der Waals surface area contributed by atoms with Crippen LogP contribution in [0.15, 0.2) is 12.1 Å². The quantitative estimate of drug-likeness (QED) is 0.880. The second-order valence-corrected chi connectivity index (χ2v) is 4.55. The number of methoxy groups -OCH3 is 1. The third-order valence-electron chi connectivity index (χ3n) is 3.60. The van der Waals surface area contributed by atoms with E-state index >= 15 is 0 Å². The molecule has 1 aliphatic carbocycles. The fraction of sp³-hybridized carbons (Fsp3) is 0.462. The standard InChI is InChI=1S/C13H15FO3/c1-8-6-9(7-10(14)11(8)17-2)13(12(15)16)4-3-5-13/h6-7H,3-5H2,1-2H3,(H,15,16). The highest BCUT2D eigenvalue weighted by molar-refractivity contribution is 5.82. The highest BCUT2D eigenvalue weighted by Crippen LogP contribution is 2.45. The van der Waals surface area contributed by atoms with Crippen molar-refractivity contribution in [3.63, 3.8) is 0 Å². The number of aryl methyl sites for hydroxylation is 1. The summed E-state index contributed by atoms with van der Waals surface area (Å²) in [5, 5.41) is 9.29. The Morgan fingerprint density at radius 3 is 2.47 bits per heavy atom. The SMILES string of the molecule is COc1c(C)cc(C2(C(=O)O)CCC2)cc1F. The first kappa shape index (κ1) is 11.9. The summed E-state index contributed by atoms with van der Waals surface area (Å²) < 4.78 is 18.7. The molecule has 1 aliphatic rings. The first-order valence-corrected chi connectivity index (χ1v) is 5.59. The van der Waals surface area contributed by atoms with Gasteiger partial charge in [-0.1, -0.05) is 12.5 Å². The van der Waals surface area contributed by atoms with Crippen LogP contribution in [0.5, 0.6) is 5.75 Å². The van der Waals surface area contributed by atoms with Crippen LogP contribution in [0, 0.1) is 12.7 Å². The maximum atomic E-state index is 13.7. The average Bonchev–Trinajstić information content (AvgIpc) is 2.14. The molecule has 0 unspecified atom stereocenters. The molecule has 0 saturated heterocycles. The summed E-state index contributed by atoms with van der Waals surface area (Å²) in [4.78, 5) is 11.3. The van der Waals surface area contributed by atoms with E-state index in [-0.39, 0.29) is 5.75 Å². The summed E-state index contributed by atoms with van der Waals surface area (Å²) in [6.45, 7) is 1.72. The number of ether oxygens (including phenoxy) is 1. The number of carbonyl (C=O) groups is 1. The number of rotatable bonds is 3. The monoisotopic (exact) mass is 238 g/mol. The van der Waals surface area contributed by atoms with Crippen molar-refractivity contribution in [2.45, 2.75) is 31.6 Å². The lowest BCUT2D eigenvalue weighted by Gasteiger charge is -2.38. The van der Waals surface area contributed by atoms with Gasteiger partial charge < -0.3 is 9.84 Å². The predicted molar refractivity (Wildman–Crippen MR) is 60.9 cm³/mol. The van der Waals surface area contributed by atoms with Gasteiger partial charge in [0.15, 0.2) is 11.6 Å². The minimum Gasteiger partial charge on any atom is -0.493 e. The molecule has 0 aliphatic heterocycles. The minimum atomic E-state index is -0.891. The molecule has 0 spiro atoms. The predicted octanol–water partition coefficient (Wildman–Crippen LogP) is 2.65. The molecule has 1 aromatic rings. The number of hydrogen-bond donors (Lipinski definition) is 1. The summed E-state index contributed by atoms with van der Waals surface area (Å²) in [5.41, 5.74) is 0.291. The molecule has 1 fully saturated rings. The van der Waals surface area contributed by atoms with Crippen molar-refractivity contribution in [3.05, 3.63) is 29.1 Å². The number of carboxylic acids is 1. The van der Waals surface area contributed by atoms with Gasteiger partial charge in [-0.05, 0) is 37.0 Å². The maximum Gasteiger partial charge on any atom is 0.314 e. The fourth-order valence-corrected chi connectivity index (χ4v) is 2.42. The van der Waals surface area contributed by atoms with Crippen LogP contribution >= 0.6 is 0 Å². The second-order valence-electron chi connectivity index (χ2n) is 4.55. The highest BCUT2D eigenvalue weighted by Gasteiger charge is 2.46. The zero-order chi connectivity index (χ0) is 12.6. The van der Waals surface area contributed by atoms with E-state index in [9.17, 15) is 14.3 Å². The molecule has 0 radical (unpaired) electrons. The molecule has 0 heterocycles. The van der Waals surface area contributed by atoms with E-state index in [0.717, 1.165) is 6.42 Å². The Balaban J connectivity index is 2.50. The van der Waals surface area contributed by atoms with Gasteiger partial charge in [0.2, 0.25) is 0 Å². The molecule has 2 rings (SSSR count). The molecule has 3 nitrogen and oxygen atoms in total. The number of carboxylic acid groups (broad SMARTS) is 1. The molecular formula is C13H15FO3. The Morgan fingerprint density at radius 1 is 1.47 bits per heavy atom. The molecular weight excluding hydrogens is 223 g/mol. The third-order valence-corrected chi connectivity index (χ3v) is 3.60. The van der Waals surface area contributed by atoms with Gasteiger partial charge >= 0.3 is 5.97 Å². The Morgan fingerprint density at radius 2 is 2.12 bits per heavy atom. The molecule has 1 saturated carbocycles. The maximum absolute atomic E-state index is 13.7. The lowest BCUT2D eigenvalue weighted by Crippen LogP contribution is -2.42. The molecule has 92 valence electrons. The van der Waals surface area contributed by atoms with Gasteiger partial charge in [0, 0.05) is 0 Å².